The van der Waals surface area contributed by atoms with Crippen LogP contribution in [-0.4, -0.2) is 97.5 Å². The quantitative estimate of drug-likeness (QED) is 0.0292. The SMILES string of the molecule is C=C(C)C(=O)OCCC[Si](C)(C)OC(C)(C)[Si](C)(C)OC(C)(C)[Si](C)(C)CCCOP(=O)(O)OCC[N+](C)(C)CCCC. The van der Waals surface area contributed by atoms with Crippen LogP contribution in [0.25, 0.3) is 0 Å². The van der Waals surface area contributed by atoms with Crippen LogP contribution < -0.4 is 0 Å². The van der Waals surface area contributed by atoms with E-state index >= 15 is 0 Å². The van der Waals surface area contributed by atoms with E-state index in [-0.39, 0.29) is 24.4 Å². The highest BCUT2D eigenvalue weighted by atomic mass is 31.2. The van der Waals surface area contributed by atoms with Gasteiger partial charge in [0, 0.05) is 10.8 Å². The number of unbranched alkanes of at least 4 members (excludes halogenated alkanes) is 1. The minimum atomic E-state index is -4.08. The monoisotopic (exact) mass is 684 g/mol. The van der Waals surface area contributed by atoms with E-state index in [2.05, 4.69) is 94.6 Å². The van der Waals surface area contributed by atoms with Crippen molar-refractivity contribution in [2.24, 2.45) is 0 Å². The fourth-order valence-corrected chi connectivity index (χ4v) is 14.7. The zero-order chi connectivity index (χ0) is 34.0. The molecule has 0 aromatic heterocycles. The fourth-order valence-electron chi connectivity index (χ4n) is 4.68. The topological polar surface area (TPSA) is 101 Å². The Kier molecular flexibility index (Phi) is 17.1. The van der Waals surface area contributed by atoms with Crippen LogP contribution >= 0.6 is 7.82 Å². The molecule has 9 nitrogen and oxygen atoms in total. The van der Waals surface area contributed by atoms with E-state index in [0.29, 0.717) is 25.1 Å². The molecular weight excluding hydrogens is 618 g/mol. The lowest BCUT2D eigenvalue weighted by atomic mass is 10.3. The van der Waals surface area contributed by atoms with Gasteiger partial charge in [0.15, 0.2) is 8.32 Å². The highest BCUT2D eigenvalue weighted by molar-refractivity contribution is 7.47. The summed E-state index contributed by atoms with van der Waals surface area (Å²) in [5.74, 6) is -0.348. The largest absolute Gasteiger partial charge is 0.472 e. The van der Waals surface area contributed by atoms with Crippen molar-refractivity contribution < 1.29 is 41.4 Å². The molecule has 0 aromatic rings. The number of carbonyl (C=O) groups excluding carboxylic acids is 1. The van der Waals surface area contributed by atoms with Gasteiger partial charge < -0.3 is 23.0 Å². The number of phosphoric ester groups is 1. The van der Waals surface area contributed by atoms with Crippen molar-refractivity contribution >= 4 is 38.5 Å². The Morgan fingerprint density at radius 1 is 0.837 bits per heavy atom. The summed E-state index contributed by atoms with van der Waals surface area (Å²) in [6.07, 6.45) is 3.65. The number of quaternary nitrogens is 1. The zero-order valence-corrected chi connectivity index (χ0v) is 34.1. The summed E-state index contributed by atoms with van der Waals surface area (Å²) < 4.78 is 43.0. The Hall–Kier alpha value is -0.149. The van der Waals surface area contributed by atoms with Gasteiger partial charge in [0.1, 0.15) is 13.2 Å². The molecule has 0 aromatic carbocycles. The molecule has 0 saturated heterocycles. The molecule has 13 heteroatoms. The Morgan fingerprint density at radius 2 is 1.37 bits per heavy atom. The smallest absolute Gasteiger partial charge is 0.462 e. The van der Waals surface area contributed by atoms with Crippen LogP contribution in [0.15, 0.2) is 12.2 Å². The van der Waals surface area contributed by atoms with Gasteiger partial charge in [0.2, 0.25) is 8.32 Å². The predicted octanol–water partition coefficient (Wildman–Crippen LogP) is 7.68. The van der Waals surface area contributed by atoms with Crippen molar-refractivity contribution in [2.45, 2.75) is 129 Å². The second-order valence-corrected chi connectivity index (χ2v) is 31.0. The Morgan fingerprint density at radius 3 is 1.91 bits per heavy atom. The van der Waals surface area contributed by atoms with Gasteiger partial charge in [-0.1, -0.05) is 39.1 Å². The lowest BCUT2D eigenvalue weighted by molar-refractivity contribution is -0.890. The van der Waals surface area contributed by atoms with E-state index in [4.69, 9.17) is 22.6 Å². The third-order valence-electron chi connectivity index (χ3n) is 8.89. The number of phosphoric acid groups is 1. The van der Waals surface area contributed by atoms with Gasteiger partial charge in [-0.3, -0.25) is 9.05 Å². The van der Waals surface area contributed by atoms with Crippen molar-refractivity contribution in [3.63, 3.8) is 0 Å². The highest BCUT2D eigenvalue weighted by Gasteiger charge is 2.51. The van der Waals surface area contributed by atoms with E-state index in [1.54, 1.807) is 6.92 Å². The summed E-state index contributed by atoms with van der Waals surface area (Å²) in [5, 5.41) is -0.764. The van der Waals surface area contributed by atoms with Crippen molar-refractivity contribution in [2.75, 3.05) is 47.0 Å². The third-order valence-corrected chi connectivity index (χ3v) is 21.9. The maximum absolute atomic E-state index is 12.4. The van der Waals surface area contributed by atoms with E-state index < -0.39 is 37.8 Å². The molecule has 0 bridgehead atoms. The van der Waals surface area contributed by atoms with Crippen molar-refractivity contribution in [1.29, 1.82) is 0 Å². The maximum atomic E-state index is 12.4. The van der Waals surface area contributed by atoms with Crippen molar-refractivity contribution in [3.8, 4) is 0 Å². The third kappa shape index (κ3) is 16.3. The standard InChI is InChI=1S/C30H66NO8PSi3/c1-16-17-20-31(8,9)21-24-37-40(33,34)36-23-19-25-41(10,11)29(4,5)39-43(14,15)30(6,7)38-42(12,13)26-18-22-35-28(32)27(2)3/h2,16-26H2,1,3-15H3/p+1. The minimum absolute atomic E-state index is 0.172. The molecule has 0 radical (unpaired) electrons. The molecule has 0 aliphatic heterocycles. The van der Waals surface area contributed by atoms with Crippen LogP contribution in [0.4, 0.5) is 0 Å². The lowest BCUT2D eigenvalue weighted by Gasteiger charge is -2.51. The average Bonchev–Trinajstić information content (AvgIpc) is 2.81. The average molecular weight is 685 g/mol. The number of likely N-dealkylation sites (N-methyl/N-ethyl adjacent to an activating group) is 1. The summed E-state index contributed by atoms with van der Waals surface area (Å²) in [4.78, 5) is 21.9. The van der Waals surface area contributed by atoms with Gasteiger partial charge in [-0.05, 0) is 86.1 Å². The second-order valence-electron chi connectivity index (χ2n) is 15.4. The number of carbonyl (C=O) groups is 1. The zero-order valence-electron chi connectivity index (χ0n) is 30.2. The molecule has 1 atom stereocenters. The van der Waals surface area contributed by atoms with Crippen LogP contribution in [0.1, 0.15) is 67.2 Å². The minimum Gasteiger partial charge on any atom is -0.462 e. The first-order valence-corrected chi connectivity index (χ1v) is 26.6. The molecule has 0 amide bonds. The molecule has 0 spiro atoms. The number of nitrogens with zero attached hydrogens (tertiary/aromatic N) is 1. The van der Waals surface area contributed by atoms with Crippen LogP contribution in [0.3, 0.4) is 0 Å². The lowest BCUT2D eigenvalue weighted by Crippen LogP contribution is -2.65. The fraction of sp³-hybridized carbons (Fsp3) is 0.900. The van der Waals surface area contributed by atoms with Gasteiger partial charge in [-0.15, -0.1) is 0 Å². The molecule has 256 valence electrons. The van der Waals surface area contributed by atoms with Crippen molar-refractivity contribution in [3.05, 3.63) is 12.2 Å². The Bertz CT molecular complexity index is 938. The molecule has 0 saturated carbocycles. The van der Waals surface area contributed by atoms with Crippen molar-refractivity contribution in [1.82, 2.24) is 0 Å². The van der Waals surface area contributed by atoms with Crippen LogP contribution in [-0.2, 0) is 32.0 Å². The molecule has 0 rings (SSSR count). The highest BCUT2D eigenvalue weighted by Crippen LogP contribution is 2.44. The van der Waals surface area contributed by atoms with Gasteiger partial charge in [-0.25, -0.2) is 9.36 Å². The number of ether oxygens (including phenoxy) is 1. The molecule has 0 aliphatic carbocycles. The molecule has 0 heterocycles. The maximum Gasteiger partial charge on any atom is 0.472 e. The molecule has 1 unspecified atom stereocenters. The molecular formula is C30H67NO8PSi3+. The number of hydrogen-bond donors (Lipinski definition) is 1. The molecule has 1 N–H and O–H groups in total. The predicted molar refractivity (Wildman–Crippen MR) is 186 cm³/mol. The van der Waals surface area contributed by atoms with E-state index in [9.17, 15) is 14.3 Å². The molecule has 0 fully saturated rings. The summed E-state index contributed by atoms with van der Waals surface area (Å²) in [7, 11) is -6.28. The van der Waals surface area contributed by atoms with Gasteiger partial charge in [0.05, 0.1) is 47.2 Å². The summed E-state index contributed by atoms with van der Waals surface area (Å²) in [6.45, 7) is 32.0. The summed E-state index contributed by atoms with van der Waals surface area (Å²) >= 11 is 0. The Balaban J connectivity index is 4.98. The van der Waals surface area contributed by atoms with Crippen LogP contribution in [0, 0.1) is 0 Å². The molecule has 43 heavy (non-hydrogen) atoms. The summed E-state index contributed by atoms with van der Waals surface area (Å²) in [6, 6.07) is 1.76. The Labute approximate surface area is 267 Å². The first-order valence-electron chi connectivity index (χ1n) is 15.9. The van der Waals surface area contributed by atoms with Gasteiger partial charge in [-0.2, -0.15) is 0 Å². The van der Waals surface area contributed by atoms with Crippen LogP contribution in [0.5, 0.6) is 0 Å². The number of hydrogen-bond acceptors (Lipinski definition) is 7. The normalized spacial score (nSPS) is 15.3. The second kappa shape index (κ2) is 17.1. The first-order chi connectivity index (χ1) is 19.2. The van der Waals surface area contributed by atoms with Gasteiger partial charge >= 0.3 is 13.8 Å². The molecule has 0 aliphatic rings. The first kappa shape index (κ1) is 42.9. The number of esters is 1. The van der Waals surface area contributed by atoms with Gasteiger partial charge in [0.25, 0.3) is 0 Å². The van der Waals surface area contributed by atoms with Crippen LogP contribution in [0.2, 0.25) is 51.4 Å². The summed E-state index contributed by atoms with van der Waals surface area (Å²) in [5.41, 5.74) is 0.412. The van der Waals surface area contributed by atoms with E-state index in [1.165, 1.54) is 0 Å². The van der Waals surface area contributed by atoms with E-state index in [1.807, 2.05) is 0 Å². The number of rotatable bonds is 23. The van der Waals surface area contributed by atoms with E-state index in [0.717, 1.165) is 42.4 Å².